The van der Waals surface area contributed by atoms with Gasteiger partial charge in [-0.15, -0.1) is 0 Å². The quantitative estimate of drug-likeness (QED) is 0.546. The van der Waals surface area contributed by atoms with Crippen LogP contribution in [0.15, 0.2) is 30.3 Å². The highest BCUT2D eigenvalue weighted by Gasteiger charge is 2.31. The molecule has 0 saturated carbocycles. The number of hydroxylamine groups is 2. The molecule has 0 aliphatic rings. The molecule has 1 aromatic carbocycles. The third-order valence-electron chi connectivity index (χ3n) is 2.85. The third kappa shape index (κ3) is 3.04. The number of methoxy groups -OCH3 is 1. The first-order chi connectivity index (χ1) is 7.66. The van der Waals surface area contributed by atoms with E-state index in [2.05, 4.69) is 12.1 Å². The van der Waals surface area contributed by atoms with Gasteiger partial charge in [-0.3, -0.25) is 4.84 Å². The molecule has 0 amide bonds. The standard InChI is InChI=1S/C13H21NO2/c1-5-14(16-4)13(2,15-3)11-12-9-7-6-8-10-12/h6-10H,5,11H2,1-4H3. The van der Waals surface area contributed by atoms with Crippen LogP contribution in [0.5, 0.6) is 0 Å². The average molecular weight is 223 g/mol. The summed E-state index contributed by atoms with van der Waals surface area (Å²) >= 11 is 0. The van der Waals surface area contributed by atoms with Crippen molar-refractivity contribution in [1.82, 2.24) is 5.06 Å². The fourth-order valence-electron chi connectivity index (χ4n) is 1.89. The number of nitrogens with zero attached hydrogens (tertiary/aromatic N) is 1. The zero-order valence-corrected chi connectivity index (χ0v) is 10.6. The maximum absolute atomic E-state index is 5.59. The zero-order valence-electron chi connectivity index (χ0n) is 10.6. The topological polar surface area (TPSA) is 21.7 Å². The molecule has 3 nitrogen and oxygen atoms in total. The summed E-state index contributed by atoms with van der Waals surface area (Å²) in [7, 11) is 3.39. The minimum Gasteiger partial charge on any atom is -0.361 e. The predicted molar refractivity (Wildman–Crippen MR) is 64.9 cm³/mol. The van der Waals surface area contributed by atoms with Gasteiger partial charge in [0.25, 0.3) is 0 Å². The van der Waals surface area contributed by atoms with Gasteiger partial charge in [0.1, 0.15) is 5.72 Å². The van der Waals surface area contributed by atoms with Crippen LogP contribution in [0, 0.1) is 0 Å². The van der Waals surface area contributed by atoms with Crippen LogP contribution in [0.4, 0.5) is 0 Å². The Balaban J connectivity index is 2.81. The Morgan fingerprint density at radius 3 is 2.25 bits per heavy atom. The van der Waals surface area contributed by atoms with E-state index >= 15 is 0 Å². The summed E-state index contributed by atoms with van der Waals surface area (Å²) < 4.78 is 5.59. The van der Waals surface area contributed by atoms with E-state index in [9.17, 15) is 0 Å². The first-order valence-corrected chi connectivity index (χ1v) is 5.57. The lowest BCUT2D eigenvalue weighted by molar-refractivity contribution is -0.279. The lowest BCUT2D eigenvalue weighted by Gasteiger charge is -2.37. The van der Waals surface area contributed by atoms with Crippen LogP contribution in [-0.4, -0.2) is 31.6 Å². The van der Waals surface area contributed by atoms with Crippen LogP contribution in [0.2, 0.25) is 0 Å². The Bertz CT molecular complexity index is 298. The lowest BCUT2D eigenvalue weighted by atomic mass is 10.0. The summed E-state index contributed by atoms with van der Waals surface area (Å²) in [5.41, 5.74) is 0.813. The number of likely N-dealkylation sites (N-methyl/N-ethyl adjacent to an activating group) is 1. The number of benzene rings is 1. The zero-order chi connectivity index (χ0) is 12.0. The van der Waals surface area contributed by atoms with Gasteiger partial charge in [0.15, 0.2) is 0 Å². The molecule has 0 bridgehead atoms. The summed E-state index contributed by atoms with van der Waals surface area (Å²) in [6.07, 6.45) is 0.798. The van der Waals surface area contributed by atoms with Gasteiger partial charge < -0.3 is 4.74 Å². The fourth-order valence-corrected chi connectivity index (χ4v) is 1.89. The first kappa shape index (κ1) is 13.2. The summed E-state index contributed by atoms with van der Waals surface area (Å²) in [4.78, 5) is 5.34. The third-order valence-corrected chi connectivity index (χ3v) is 2.85. The van der Waals surface area contributed by atoms with Gasteiger partial charge in [-0.1, -0.05) is 30.3 Å². The van der Waals surface area contributed by atoms with Crippen molar-refractivity contribution >= 4 is 0 Å². The van der Waals surface area contributed by atoms with E-state index in [1.54, 1.807) is 14.2 Å². The van der Waals surface area contributed by atoms with Gasteiger partial charge in [0.2, 0.25) is 0 Å². The number of ether oxygens (including phenoxy) is 1. The largest absolute Gasteiger partial charge is 0.361 e. The molecule has 90 valence electrons. The van der Waals surface area contributed by atoms with Gasteiger partial charge in [-0.25, -0.2) is 0 Å². The van der Waals surface area contributed by atoms with E-state index in [1.165, 1.54) is 5.56 Å². The summed E-state index contributed by atoms with van der Waals surface area (Å²) in [6, 6.07) is 10.3. The first-order valence-electron chi connectivity index (χ1n) is 5.57. The van der Waals surface area contributed by atoms with Crippen molar-refractivity contribution in [2.45, 2.75) is 26.0 Å². The van der Waals surface area contributed by atoms with E-state index in [4.69, 9.17) is 9.57 Å². The van der Waals surface area contributed by atoms with Crippen LogP contribution in [-0.2, 0) is 16.0 Å². The molecule has 0 radical (unpaired) electrons. The Hall–Kier alpha value is -0.900. The summed E-state index contributed by atoms with van der Waals surface area (Å²) in [5.74, 6) is 0. The number of hydrogen-bond donors (Lipinski definition) is 0. The highest BCUT2D eigenvalue weighted by molar-refractivity contribution is 5.16. The van der Waals surface area contributed by atoms with Gasteiger partial charge in [-0.2, -0.15) is 5.06 Å². The van der Waals surface area contributed by atoms with Gasteiger partial charge in [0, 0.05) is 20.1 Å². The minimum atomic E-state index is -0.426. The molecule has 0 spiro atoms. The molecule has 1 rings (SSSR count). The molecule has 0 saturated heterocycles. The molecule has 1 atom stereocenters. The van der Waals surface area contributed by atoms with Crippen molar-refractivity contribution in [3.8, 4) is 0 Å². The van der Waals surface area contributed by atoms with Crippen molar-refractivity contribution in [2.75, 3.05) is 20.8 Å². The maximum atomic E-state index is 5.59. The summed E-state index contributed by atoms with van der Waals surface area (Å²) in [6.45, 7) is 4.87. The normalized spacial score (nSPS) is 15.1. The Labute approximate surface area is 97.9 Å². The van der Waals surface area contributed by atoms with E-state index in [0.717, 1.165) is 13.0 Å². The van der Waals surface area contributed by atoms with Crippen LogP contribution in [0.25, 0.3) is 0 Å². The molecule has 1 unspecified atom stereocenters. The Kier molecular flexibility index (Phi) is 4.93. The van der Waals surface area contributed by atoms with Gasteiger partial charge in [0.05, 0.1) is 7.11 Å². The highest BCUT2D eigenvalue weighted by Crippen LogP contribution is 2.21. The molecule has 0 aromatic heterocycles. The van der Waals surface area contributed by atoms with Crippen molar-refractivity contribution < 1.29 is 9.57 Å². The van der Waals surface area contributed by atoms with E-state index in [0.29, 0.717) is 0 Å². The van der Waals surface area contributed by atoms with Crippen molar-refractivity contribution in [1.29, 1.82) is 0 Å². The lowest BCUT2D eigenvalue weighted by Crippen LogP contribution is -2.48. The maximum Gasteiger partial charge on any atom is 0.144 e. The highest BCUT2D eigenvalue weighted by atomic mass is 16.7. The SMILES string of the molecule is CCN(OC)C(C)(Cc1ccccc1)OC. The van der Waals surface area contributed by atoms with Crippen molar-refractivity contribution in [2.24, 2.45) is 0 Å². The Morgan fingerprint density at radius 2 is 1.81 bits per heavy atom. The smallest absolute Gasteiger partial charge is 0.144 e. The van der Waals surface area contributed by atoms with Crippen molar-refractivity contribution in [3.05, 3.63) is 35.9 Å². The molecule has 0 heterocycles. The van der Waals surface area contributed by atoms with E-state index in [-0.39, 0.29) is 0 Å². The molecular weight excluding hydrogens is 202 g/mol. The second kappa shape index (κ2) is 5.99. The average Bonchev–Trinajstić information content (AvgIpc) is 2.32. The molecule has 0 aliphatic carbocycles. The number of hydrogen-bond acceptors (Lipinski definition) is 3. The van der Waals surface area contributed by atoms with Gasteiger partial charge >= 0.3 is 0 Å². The van der Waals surface area contributed by atoms with Crippen LogP contribution < -0.4 is 0 Å². The van der Waals surface area contributed by atoms with Crippen molar-refractivity contribution in [3.63, 3.8) is 0 Å². The van der Waals surface area contributed by atoms with Crippen LogP contribution in [0.1, 0.15) is 19.4 Å². The molecule has 0 fully saturated rings. The van der Waals surface area contributed by atoms with E-state index < -0.39 is 5.72 Å². The van der Waals surface area contributed by atoms with E-state index in [1.807, 2.05) is 37.1 Å². The summed E-state index contributed by atoms with van der Waals surface area (Å²) in [5, 5.41) is 1.85. The molecule has 0 N–H and O–H groups in total. The minimum absolute atomic E-state index is 0.426. The second-order valence-corrected chi connectivity index (χ2v) is 3.92. The number of rotatable bonds is 6. The Morgan fingerprint density at radius 1 is 1.19 bits per heavy atom. The molecule has 1 aromatic rings. The van der Waals surface area contributed by atoms with Crippen LogP contribution >= 0.6 is 0 Å². The molecular formula is C13H21NO2. The fraction of sp³-hybridized carbons (Fsp3) is 0.538. The molecule has 0 aliphatic heterocycles. The predicted octanol–water partition coefficient (Wildman–Crippen LogP) is 2.48. The molecule has 16 heavy (non-hydrogen) atoms. The monoisotopic (exact) mass is 223 g/mol. The molecule has 3 heteroatoms. The van der Waals surface area contributed by atoms with Crippen LogP contribution in [0.3, 0.4) is 0 Å². The second-order valence-electron chi connectivity index (χ2n) is 3.92. The van der Waals surface area contributed by atoms with Gasteiger partial charge in [-0.05, 0) is 19.4 Å².